The summed E-state index contributed by atoms with van der Waals surface area (Å²) < 4.78 is 11.1. The number of aliphatic hydroxyl groups excluding tert-OH is 1. The lowest BCUT2D eigenvalue weighted by Crippen LogP contribution is -2.27. The Labute approximate surface area is 269 Å². The summed E-state index contributed by atoms with van der Waals surface area (Å²) in [5.41, 5.74) is 0. The quantitative estimate of drug-likeness (QED) is 0.0437. The van der Waals surface area contributed by atoms with Gasteiger partial charge in [0.05, 0.1) is 13.2 Å². The molecule has 0 aromatic heterocycles. The summed E-state index contributed by atoms with van der Waals surface area (Å²) in [6.45, 7) is 5.36. The number of carbonyl (C=O) groups excluding carboxylic acids is 1. The van der Waals surface area contributed by atoms with Crippen molar-refractivity contribution in [2.24, 2.45) is 0 Å². The Hall–Kier alpha value is -0.870. The number of hydrogen-bond acceptors (Lipinski definition) is 4. The second kappa shape index (κ2) is 37.3. The molecule has 0 saturated heterocycles. The van der Waals surface area contributed by atoms with E-state index in [0.717, 1.165) is 19.3 Å². The summed E-state index contributed by atoms with van der Waals surface area (Å²) >= 11 is 0. The van der Waals surface area contributed by atoms with Crippen LogP contribution in [-0.4, -0.2) is 37.0 Å². The molecule has 0 heterocycles. The minimum Gasteiger partial charge on any atom is -0.457 e. The molecule has 0 aromatic rings. The summed E-state index contributed by atoms with van der Waals surface area (Å²) in [6, 6.07) is 0. The standard InChI is InChI=1S/C39H76O4/c1-3-5-7-9-11-13-15-17-19-20-21-23-25-27-29-31-33-35-42-37-38(36-40)43-39(41)34-32-30-28-26-24-22-18-16-14-12-10-8-6-4-2/h19-20,38,40H,3-18,21-37H2,1-2H3/b20-19-. The zero-order valence-corrected chi connectivity index (χ0v) is 29.2. The average molecular weight is 609 g/mol. The van der Waals surface area contributed by atoms with Gasteiger partial charge in [-0.25, -0.2) is 0 Å². The van der Waals surface area contributed by atoms with Gasteiger partial charge in [-0.2, -0.15) is 0 Å². The van der Waals surface area contributed by atoms with Crippen LogP contribution in [0.1, 0.15) is 206 Å². The Balaban J connectivity index is 3.41. The van der Waals surface area contributed by atoms with Crippen LogP contribution in [0, 0.1) is 0 Å². The second-order valence-corrected chi connectivity index (χ2v) is 13.0. The lowest BCUT2D eigenvalue weighted by Gasteiger charge is -2.15. The Morgan fingerprint density at radius 3 is 1.33 bits per heavy atom. The maximum absolute atomic E-state index is 12.1. The van der Waals surface area contributed by atoms with Gasteiger partial charge in [-0.3, -0.25) is 4.79 Å². The first-order valence-corrected chi connectivity index (χ1v) is 19.3. The number of hydrogen-bond donors (Lipinski definition) is 1. The SMILES string of the molecule is CCCCCCCCC/C=C\CCCCCCCCOCC(CO)OC(=O)CCCCCCCCCCCCCCCC. The van der Waals surface area contributed by atoms with E-state index in [1.54, 1.807) is 0 Å². The second-order valence-electron chi connectivity index (χ2n) is 13.0. The molecule has 0 spiro atoms. The smallest absolute Gasteiger partial charge is 0.306 e. The van der Waals surface area contributed by atoms with Gasteiger partial charge in [0, 0.05) is 13.0 Å². The third-order valence-electron chi connectivity index (χ3n) is 8.59. The van der Waals surface area contributed by atoms with Crippen LogP contribution in [0.3, 0.4) is 0 Å². The highest BCUT2D eigenvalue weighted by molar-refractivity contribution is 5.69. The van der Waals surface area contributed by atoms with E-state index in [0.29, 0.717) is 19.6 Å². The predicted molar refractivity (Wildman–Crippen MR) is 187 cm³/mol. The monoisotopic (exact) mass is 609 g/mol. The first-order valence-electron chi connectivity index (χ1n) is 19.3. The number of rotatable bonds is 36. The van der Waals surface area contributed by atoms with Crippen LogP contribution >= 0.6 is 0 Å². The van der Waals surface area contributed by atoms with Gasteiger partial charge in [-0.05, 0) is 38.5 Å². The van der Waals surface area contributed by atoms with Crippen LogP contribution in [0.25, 0.3) is 0 Å². The zero-order chi connectivity index (χ0) is 31.3. The minimum absolute atomic E-state index is 0.169. The molecule has 1 N–H and O–H groups in total. The molecule has 4 heteroatoms. The number of carbonyl (C=O) groups is 1. The molecule has 256 valence electrons. The molecule has 43 heavy (non-hydrogen) atoms. The van der Waals surface area contributed by atoms with Crippen molar-refractivity contribution in [2.75, 3.05) is 19.8 Å². The lowest BCUT2D eigenvalue weighted by molar-refractivity contribution is -0.154. The topological polar surface area (TPSA) is 55.8 Å². The van der Waals surface area contributed by atoms with Crippen molar-refractivity contribution < 1.29 is 19.4 Å². The number of allylic oxidation sites excluding steroid dienone is 2. The van der Waals surface area contributed by atoms with Crippen LogP contribution < -0.4 is 0 Å². The van der Waals surface area contributed by atoms with Crippen molar-refractivity contribution in [1.29, 1.82) is 0 Å². The third kappa shape index (κ3) is 35.5. The van der Waals surface area contributed by atoms with Crippen LogP contribution in [0.4, 0.5) is 0 Å². The van der Waals surface area contributed by atoms with Crippen molar-refractivity contribution >= 4 is 5.97 Å². The van der Waals surface area contributed by atoms with E-state index in [1.165, 1.54) is 167 Å². The molecule has 1 unspecified atom stereocenters. The van der Waals surface area contributed by atoms with Crippen molar-refractivity contribution in [3.05, 3.63) is 12.2 Å². The molecule has 0 rings (SSSR count). The lowest BCUT2D eigenvalue weighted by atomic mass is 10.0. The van der Waals surface area contributed by atoms with E-state index in [9.17, 15) is 9.90 Å². The molecule has 0 radical (unpaired) electrons. The van der Waals surface area contributed by atoms with Crippen LogP contribution in [0.2, 0.25) is 0 Å². The summed E-state index contributed by atoms with van der Waals surface area (Å²) in [4.78, 5) is 12.1. The molecular formula is C39H76O4. The van der Waals surface area contributed by atoms with Gasteiger partial charge in [0.15, 0.2) is 0 Å². The van der Waals surface area contributed by atoms with Crippen LogP contribution in [0.5, 0.6) is 0 Å². The first kappa shape index (κ1) is 42.1. The highest BCUT2D eigenvalue weighted by atomic mass is 16.6. The van der Waals surface area contributed by atoms with E-state index in [2.05, 4.69) is 26.0 Å². The molecule has 0 amide bonds. The molecule has 0 fully saturated rings. The predicted octanol–water partition coefficient (Wildman–Crippen LogP) is 12.2. The van der Waals surface area contributed by atoms with Gasteiger partial charge in [-0.15, -0.1) is 0 Å². The number of unbranched alkanes of at least 4 members (excludes halogenated alkanes) is 26. The molecule has 0 saturated carbocycles. The highest BCUT2D eigenvalue weighted by Gasteiger charge is 2.13. The van der Waals surface area contributed by atoms with Gasteiger partial charge in [0.2, 0.25) is 0 Å². The van der Waals surface area contributed by atoms with Crippen LogP contribution in [0.15, 0.2) is 12.2 Å². The van der Waals surface area contributed by atoms with E-state index >= 15 is 0 Å². The summed E-state index contributed by atoms with van der Waals surface area (Å²) in [5, 5.41) is 9.56. The van der Waals surface area contributed by atoms with E-state index in [4.69, 9.17) is 9.47 Å². The molecule has 0 aliphatic rings. The molecule has 4 nitrogen and oxygen atoms in total. The van der Waals surface area contributed by atoms with Gasteiger partial charge in [-0.1, -0.05) is 174 Å². The first-order chi connectivity index (χ1) is 21.2. The fourth-order valence-corrected chi connectivity index (χ4v) is 5.68. The molecule has 0 aromatic carbocycles. The Morgan fingerprint density at radius 1 is 0.535 bits per heavy atom. The fraction of sp³-hybridized carbons (Fsp3) is 0.923. The zero-order valence-electron chi connectivity index (χ0n) is 29.2. The molecule has 0 aliphatic carbocycles. The minimum atomic E-state index is -0.530. The van der Waals surface area contributed by atoms with Crippen molar-refractivity contribution in [3.63, 3.8) is 0 Å². The summed E-state index contributed by atoms with van der Waals surface area (Å²) in [6.07, 6.45) is 42.5. The summed E-state index contributed by atoms with van der Waals surface area (Å²) in [5.74, 6) is -0.200. The largest absolute Gasteiger partial charge is 0.457 e. The number of aliphatic hydroxyl groups is 1. The van der Waals surface area contributed by atoms with E-state index in [-0.39, 0.29) is 12.6 Å². The molecule has 0 bridgehead atoms. The normalized spacial score (nSPS) is 12.3. The number of esters is 1. The molecule has 0 aliphatic heterocycles. The van der Waals surface area contributed by atoms with Gasteiger partial charge < -0.3 is 14.6 Å². The van der Waals surface area contributed by atoms with Gasteiger partial charge >= 0.3 is 5.97 Å². The van der Waals surface area contributed by atoms with Crippen molar-refractivity contribution in [2.45, 2.75) is 213 Å². The Kier molecular flexibility index (Phi) is 36.6. The maximum Gasteiger partial charge on any atom is 0.306 e. The van der Waals surface area contributed by atoms with E-state index in [1.807, 2.05) is 0 Å². The Bertz CT molecular complexity index is 561. The van der Waals surface area contributed by atoms with E-state index < -0.39 is 6.10 Å². The Morgan fingerprint density at radius 2 is 0.907 bits per heavy atom. The van der Waals surface area contributed by atoms with Crippen molar-refractivity contribution in [3.8, 4) is 0 Å². The highest BCUT2D eigenvalue weighted by Crippen LogP contribution is 2.14. The maximum atomic E-state index is 12.1. The summed E-state index contributed by atoms with van der Waals surface area (Å²) in [7, 11) is 0. The van der Waals surface area contributed by atoms with Gasteiger partial charge in [0.1, 0.15) is 6.10 Å². The fourth-order valence-electron chi connectivity index (χ4n) is 5.68. The third-order valence-corrected chi connectivity index (χ3v) is 8.59. The molecule has 1 atom stereocenters. The average Bonchev–Trinajstić information content (AvgIpc) is 3.01. The van der Waals surface area contributed by atoms with Crippen molar-refractivity contribution in [1.82, 2.24) is 0 Å². The molecular weight excluding hydrogens is 532 g/mol. The number of ether oxygens (including phenoxy) is 2. The van der Waals surface area contributed by atoms with Gasteiger partial charge in [0.25, 0.3) is 0 Å². The van der Waals surface area contributed by atoms with Crippen LogP contribution in [-0.2, 0) is 14.3 Å².